The normalized spacial score (nSPS) is 14.8. The van der Waals surface area contributed by atoms with Crippen molar-refractivity contribution < 1.29 is 14.3 Å². The van der Waals surface area contributed by atoms with Crippen molar-refractivity contribution in [3.05, 3.63) is 45.8 Å². The second-order valence-corrected chi connectivity index (χ2v) is 8.21. The zero-order valence-corrected chi connectivity index (χ0v) is 17.5. The number of aryl methyl sites for hydroxylation is 2. The van der Waals surface area contributed by atoms with Crippen LogP contribution in [-0.4, -0.2) is 41.4 Å². The summed E-state index contributed by atoms with van der Waals surface area (Å²) in [6.07, 6.45) is 2.46. The van der Waals surface area contributed by atoms with Crippen LogP contribution < -0.4 is 10.3 Å². The number of carbonyl (C=O) groups is 1. The molecule has 2 heterocycles. The highest BCUT2D eigenvalue weighted by Gasteiger charge is 2.24. The predicted molar refractivity (Wildman–Crippen MR) is 111 cm³/mol. The maximum Gasteiger partial charge on any atom is 0.410 e. The molecule has 1 amide bonds. The van der Waals surface area contributed by atoms with Crippen molar-refractivity contribution in [1.82, 2.24) is 9.47 Å². The van der Waals surface area contributed by atoms with E-state index in [1.165, 1.54) is 0 Å². The Morgan fingerprint density at radius 3 is 2.46 bits per heavy atom. The number of amides is 1. The number of hydrogen-bond acceptors (Lipinski definition) is 4. The first kappa shape index (κ1) is 20.0. The lowest BCUT2D eigenvalue weighted by atomic mass is 9.97. The third-order valence-electron chi connectivity index (χ3n) is 4.94. The van der Waals surface area contributed by atoms with Gasteiger partial charge in [-0.25, -0.2) is 4.79 Å². The molecule has 1 aliphatic heterocycles. The summed E-state index contributed by atoms with van der Waals surface area (Å²) in [7, 11) is 3.42. The van der Waals surface area contributed by atoms with Crippen LogP contribution in [0.25, 0.3) is 16.5 Å². The lowest BCUT2D eigenvalue weighted by Gasteiger charge is -2.29. The number of benzene rings is 1. The average Bonchev–Trinajstić information content (AvgIpc) is 2.64. The van der Waals surface area contributed by atoms with Gasteiger partial charge in [-0.3, -0.25) is 4.79 Å². The molecule has 0 saturated carbocycles. The maximum absolute atomic E-state index is 12.4. The van der Waals surface area contributed by atoms with Crippen LogP contribution in [0.15, 0.2) is 29.1 Å². The molecule has 0 atom stereocenters. The molecule has 0 unspecified atom stereocenters. The Bertz CT molecular complexity index is 1010. The van der Waals surface area contributed by atoms with E-state index in [9.17, 15) is 9.59 Å². The largest absolute Gasteiger partial charge is 0.496 e. The molecule has 0 bridgehead atoms. The molecule has 6 nitrogen and oxygen atoms in total. The summed E-state index contributed by atoms with van der Waals surface area (Å²) >= 11 is 0. The van der Waals surface area contributed by atoms with Crippen LogP contribution in [0.4, 0.5) is 4.79 Å². The van der Waals surface area contributed by atoms with Crippen LogP contribution in [0.3, 0.4) is 0 Å². The van der Waals surface area contributed by atoms with E-state index in [2.05, 4.69) is 0 Å². The number of fused-ring (bicyclic) bond motifs is 1. The number of methoxy groups -OCH3 is 1. The molecule has 0 aliphatic carbocycles. The lowest BCUT2D eigenvalue weighted by Crippen LogP contribution is -2.39. The predicted octanol–water partition coefficient (Wildman–Crippen LogP) is 3.88. The Morgan fingerprint density at radius 2 is 1.89 bits per heavy atom. The number of ether oxygens (including phenoxy) is 2. The van der Waals surface area contributed by atoms with Gasteiger partial charge in [0.25, 0.3) is 5.56 Å². The molecule has 1 aliphatic rings. The van der Waals surface area contributed by atoms with E-state index in [0.29, 0.717) is 25.1 Å². The van der Waals surface area contributed by atoms with Gasteiger partial charge in [-0.1, -0.05) is 6.08 Å². The first-order valence-corrected chi connectivity index (χ1v) is 9.46. The number of hydrogen-bond donors (Lipinski definition) is 0. The Kier molecular flexibility index (Phi) is 5.24. The van der Waals surface area contributed by atoms with Crippen molar-refractivity contribution in [3.8, 4) is 5.75 Å². The van der Waals surface area contributed by atoms with Crippen molar-refractivity contribution in [2.24, 2.45) is 7.05 Å². The third-order valence-corrected chi connectivity index (χ3v) is 4.94. The highest BCUT2D eigenvalue weighted by Crippen LogP contribution is 2.32. The Labute approximate surface area is 165 Å². The topological polar surface area (TPSA) is 60.8 Å². The van der Waals surface area contributed by atoms with Crippen molar-refractivity contribution >= 4 is 22.6 Å². The Hall–Kier alpha value is -2.76. The number of aromatic nitrogens is 1. The highest BCUT2D eigenvalue weighted by atomic mass is 16.6. The summed E-state index contributed by atoms with van der Waals surface area (Å²) < 4.78 is 12.7. The minimum absolute atomic E-state index is 0.0135. The number of nitrogens with zero attached hydrogens (tertiary/aromatic N) is 2. The van der Waals surface area contributed by atoms with Crippen LogP contribution in [0.2, 0.25) is 0 Å². The zero-order valence-electron chi connectivity index (χ0n) is 17.5. The summed E-state index contributed by atoms with van der Waals surface area (Å²) in [5.74, 6) is 0.738. The molecule has 0 radical (unpaired) electrons. The summed E-state index contributed by atoms with van der Waals surface area (Å²) in [6, 6.07) is 5.90. The molecule has 28 heavy (non-hydrogen) atoms. The molecule has 3 rings (SSSR count). The summed E-state index contributed by atoms with van der Waals surface area (Å²) in [5.41, 5.74) is 3.14. The molecule has 2 aromatic rings. The first-order chi connectivity index (χ1) is 13.1. The lowest BCUT2D eigenvalue weighted by molar-refractivity contribution is 0.0270. The van der Waals surface area contributed by atoms with Gasteiger partial charge in [-0.2, -0.15) is 0 Å². The zero-order chi connectivity index (χ0) is 20.6. The van der Waals surface area contributed by atoms with Crippen molar-refractivity contribution in [2.75, 3.05) is 20.2 Å². The molecule has 1 aromatic carbocycles. The van der Waals surface area contributed by atoms with Crippen LogP contribution in [-0.2, 0) is 11.8 Å². The van der Waals surface area contributed by atoms with E-state index in [4.69, 9.17) is 9.47 Å². The van der Waals surface area contributed by atoms with Crippen molar-refractivity contribution in [1.29, 1.82) is 0 Å². The van der Waals surface area contributed by atoms with Crippen LogP contribution >= 0.6 is 0 Å². The smallest absolute Gasteiger partial charge is 0.410 e. The van der Waals surface area contributed by atoms with E-state index in [1.807, 2.05) is 52.0 Å². The van der Waals surface area contributed by atoms with Crippen molar-refractivity contribution in [2.45, 2.75) is 39.7 Å². The monoisotopic (exact) mass is 384 g/mol. The van der Waals surface area contributed by atoms with Crippen molar-refractivity contribution in [3.63, 3.8) is 0 Å². The second-order valence-electron chi connectivity index (χ2n) is 8.21. The first-order valence-electron chi connectivity index (χ1n) is 9.46. The SMILES string of the molecule is COc1cc(C2=CCN(C(=O)OC(C)(C)C)CC2)cc2c1cc(C)c(=O)n2C. The van der Waals surface area contributed by atoms with Gasteiger partial charge in [-0.15, -0.1) is 0 Å². The van der Waals surface area contributed by atoms with E-state index in [1.54, 1.807) is 23.6 Å². The van der Waals surface area contributed by atoms with E-state index < -0.39 is 5.60 Å². The maximum atomic E-state index is 12.4. The summed E-state index contributed by atoms with van der Waals surface area (Å²) in [5, 5.41) is 0.914. The van der Waals surface area contributed by atoms with E-state index in [-0.39, 0.29) is 11.7 Å². The van der Waals surface area contributed by atoms with Gasteiger partial charge in [0.1, 0.15) is 11.4 Å². The van der Waals surface area contributed by atoms with Gasteiger partial charge in [0.05, 0.1) is 12.6 Å². The second kappa shape index (κ2) is 7.34. The highest BCUT2D eigenvalue weighted by molar-refractivity contribution is 5.90. The molecular weight excluding hydrogens is 356 g/mol. The molecule has 0 fully saturated rings. The minimum atomic E-state index is -0.504. The van der Waals surface area contributed by atoms with E-state index in [0.717, 1.165) is 27.8 Å². The van der Waals surface area contributed by atoms with Crippen LogP contribution in [0.5, 0.6) is 5.75 Å². The quantitative estimate of drug-likeness (QED) is 0.788. The molecule has 0 spiro atoms. The van der Waals surface area contributed by atoms with Gasteiger partial charge >= 0.3 is 6.09 Å². The molecule has 0 N–H and O–H groups in total. The Balaban J connectivity index is 1.94. The molecule has 6 heteroatoms. The van der Waals surface area contributed by atoms with Gasteiger partial charge < -0.3 is 18.9 Å². The van der Waals surface area contributed by atoms with Gasteiger partial charge in [-0.05, 0) is 63.5 Å². The molecule has 150 valence electrons. The molecule has 1 aromatic heterocycles. The summed E-state index contributed by atoms with van der Waals surface area (Å²) in [6.45, 7) is 8.49. The Morgan fingerprint density at radius 1 is 1.18 bits per heavy atom. The van der Waals surface area contributed by atoms with Crippen LogP contribution in [0, 0.1) is 6.92 Å². The van der Waals surface area contributed by atoms with Gasteiger partial charge in [0.15, 0.2) is 0 Å². The van der Waals surface area contributed by atoms with Gasteiger partial charge in [0, 0.05) is 31.1 Å². The fourth-order valence-electron chi connectivity index (χ4n) is 3.46. The van der Waals surface area contributed by atoms with Gasteiger partial charge in [0.2, 0.25) is 0 Å². The fraction of sp³-hybridized carbons (Fsp3) is 0.455. The minimum Gasteiger partial charge on any atom is -0.496 e. The number of carbonyl (C=O) groups excluding carboxylic acids is 1. The fourth-order valence-corrected chi connectivity index (χ4v) is 3.46. The standard InChI is InChI=1S/C22H28N2O4/c1-14-11-17-18(23(5)20(14)25)12-16(13-19(17)27-6)15-7-9-24(10-8-15)21(26)28-22(2,3)4/h7,11-13H,8-10H2,1-6H3. The average molecular weight is 384 g/mol. The molecular formula is C22H28N2O4. The van der Waals surface area contributed by atoms with Crippen LogP contribution in [0.1, 0.15) is 38.3 Å². The summed E-state index contributed by atoms with van der Waals surface area (Å²) in [4.78, 5) is 26.3. The number of rotatable bonds is 2. The third kappa shape index (κ3) is 3.91. The van der Waals surface area contributed by atoms with E-state index >= 15 is 0 Å². The number of pyridine rings is 1. The molecule has 0 saturated heterocycles.